The van der Waals surface area contributed by atoms with Crippen molar-refractivity contribution in [3.8, 4) is 0 Å². The number of rotatable bonds is 5. The molecule has 0 N–H and O–H groups in total. The van der Waals surface area contributed by atoms with E-state index in [1.165, 1.54) is 27.2 Å². The first kappa shape index (κ1) is 13.1. The summed E-state index contributed by atoms with van der Waals surface area (Å²) < 4.78 is 41.6. The van der Waals surface area contributed by atoms with Gasteiger partial charge in [0.25, 0.3) is 5.92 Å². The first-order chi connectivity index (χ1) is 5.65. The van der Waals surface area contributed by atoms with Gasteiger partial charge in [-0.05, 0) is 13.3 Å². The predicted octanol–water partition coefficient (Wildman–Crippen LogP) is 2.87. The molecule has 0 unspecified atom stereocenters. The quantitative estimate of drug-likeness (QED) is 0.658. The molecule has 0 aromatic heterocycles. The summed E-state index contributed by atoms with van der Waals surface area (Å²) in [5.41, 5.74) is 0. The van der Waals surface area contributed by atoms with Crippen LogP contribution in [0.1, 0.15) is 13.8 Å². The smallest absolute Gasteiger partial charge is 0.273 e. The molecule has 0 heterocycles. The second-order valence-corrected chi connectivity index (χ2v) is 7.37. The van der Waals surface area contributed by atoms with Crippen molar-refractivity contribution in [3.05, 3.63) is 0 Å². The van der Waals surface area contributed by atoms with Crippen molar-refractivity contribution in [2.45, 2.75) is 19.8 Å². The Kier molecular flexibility index (Phi) is 4.53. The van der Waals surface area contributed by atoms with E-state index in [1.54, 1.807) is 0 Å². The minimum atomic E-state index is -2.82. The average molecular weight is 214 g/mol. The summed E-state index contributed by atoms with van der Waals surface area (Å²) in [6.45, 7) is 5.25. The lowest BCUT2D eigenvalue weighted by molar-refractivity contribution is -0.101. The Balaban J connectivity index is 3.84. The van der Waals surface area contributed by atoms with E-state index in [0.29, 0.717) is 0 Å². The van der Waals surface area contributed by atoms with Gasteiger partial charge in [0.1, 0.15) is 13.7 Å². The Morgan fingerprint density at radius 1 is 1.38 bits per heavy atom. The zero-order valence-electron chi connectivity index (χ0n) is 8.51. The molecule has 80 valence electrons. The van der Waals surface area contributed by atoms with Crippen molar-refractivity contribution < 1.29 is 18.1 Å². The number of halogens is 2. The molecule has 0 fully saturated rings. The Morgan fingerprint density at radius 2 is 1.85 bits per heavy atom. The molecule has 0 aromatic carbocycles. The Morgan fingerprint density at radius 3 is 2.15 bits per heavy atom. The fraction of sp³-hybridized carbons (Fsp3) is 1.00. The molecule has 0 atom stereocenters. The van der Waals surface area contributed by atoms with E-state index < -0.39 is 25.6 Å². The van der Waals surface area contributed by atoms with E-state index in [-0.39, 0.29) is 6.35 Å². The van der Waals surface area contributed by atoms with Crippen molar-refractivity contribution in [2.24, 2.45) is 5.92 Å². The van der Waals surface area contributed by atoms with Crippen molar-refractivity contribution >= 4 is 7.14 Å². The van der Waals surface area contributed by atoms with Crippen LogP contribution in [0.25, 0.3) is 0 Å². The largest absolute Gasteiger partial charge is 0.368 e. The molecule has 13 heavy (non-hydrogen) atoms. The Labute approximate surface area is 78.0 Å². The Hall–Kier alpha value is 0.0500. The fourth-order valence-corrected chi connectivity index (χ4v) is 1.10. The minimum absolute atomic E-state index is 0.0741. The molecule has 0 radical (unpaired) electrons. The Bertz CT molecular complexity index is 198. The van der Waals surface area contributed by atoms with Gasteiger partial charge in [-0.25, -0.2) is 8.78 Å². The summed E-state index contributed by atoms with van der Waals surface area (Å²) in [6, 6.07) is 0. The summed E-state index contributed by atoms with van der Waals surface area (Å²) in [5, 5.41) is 0. The number of ether oxygens (including phenoxy) is 1. The normalized spacial score (nSPS) is 13.8. The highest BCUT2D eigenvalue weighted by Gasteiger charge is 2.33. The topological polar surface area (TPSA) is 26.3 Å². The maximum absolute atomic E-state index is 12.9. The second-order valence-electron chi connectivity index (χ2n) is 3.97. The molecule has 5 heteroatoms. The molecule has 0 saturated carbocycles. The highest BCUT2D eigenvalue weighted by molar-refractivity contribution is 7.62. The lowest BCUT2D eigenvalue weighted by Crippen LogP contribution is -2.30. The monoisotopic (exact) mass is 214 g/mol. The second kappa shape index (κ2) is 4.52. The van der Waals surface area contributed by atoms with Gasteiger partial charge >= 0.3 is 0 Å². The SMILES string of the molecule is CC(C)C(F)(F)COCP(C)(C)=O. The fourth-order valence-electron chi connectivity index (χ4n) is 0.568. The molecule has 0 spiro atoms. The molecule has 0 aliphatic heterocycles. The van der Waals surface area contributed by atoms with Crippen molar-refractivity contribution in [3.63, 3.8) is 0 Å². The first-order valence-corrected chi connectivity index (χ1v) is 6.93. The summed E-state index contributed by atoms with van der Waals surface area (Å²) in [6.07, 6.45) is -0.0741. The van der Waals surface area contributed by atoms with Gasteiger partial charge in [-0.3, -0.25) is 0 Å². The van der Waals surface area contributed by atoms with Crippen LogP contribution < -0.4 is 0 Å². The minimum Gasteiger partial charge on any atom is -0.368 e. The molecule has 0 bridgehead atoms. The van der Waals surface area contributed by atoms with Crippen LogP contribution in [0.5, 0.6) is 0 Å². The standard InChI is InChI=1S/C8H17F2O2P/c1-7(2)8(9,10)5-12-6-13(3,4)11/h7H,5-6H2,1-4H3. The van der Waals surface area contributed by atoms with Gasteiger partial charge < -0.3 is 9.30 Å². The molecule has 0 saturated heterocycles. The average Bonchev–Trinajstić information content (AvgIpc) is 1.82. The third-order valence-electron chi connectivity index (χ3n) is 1.54. The highest BCUT2D eigenvalue weighted by Crippen LogP contribution is 2.36. The van der Waals surface area contributed by atoms with Crippen LogP contribution in [0, 0.1) is 5.92 Å². The van der Waals surface area contributed by atoms with E-state index in [2.05, 4.69) is 0 Å². The van der Waals surface area contributed by atoms with Crippen LogP contribution >= 0.6 is 7.14 Å². The zero-order chi connectivity index (χ0) is 10.7. The molecule has 2 nitrogen and oxygen atoms in total. The summed E-state index contributed by atoms with van der Waals surface area (Å²) in [7, 11) is -2.34. The first-order valence-electron chi connectivity index (χ1n) is 4.15. The number of hydrogen-bond acceptors (Lipinski definition) is 2. The van der Waals surface area contributed by atoms with Crippen LogP contribution in [0.4, 0.5) is 8.78 Å². The van der Waals surface area contributed by atoms with Gasteiger partial charge in [-0.1, -0.05) is 13.8 Å². The molecule has 0 aliphatic rings. The van der Waals surface area contributed by atoms with Gasteiger partial charge in [0.15, 0.2) is 0 Å². The lowest BCUT2D eigenvalue weighted by Gasteiger charge is -2.20. The van der Waals surface area contributed by atoms with E-state index in [1.807, 2.05) is 0 Å². The summed E-state index contributed by atoms with van der Waals surface area (Å²) >= 11 is 0. The third-order valence-corrected chi connectivity index (χ3v) is 2.35. The molecule has 0 rings (SSSR count). The van der Waals surface area contributed by atoms with E-state index in [9.17, 15) is 13.3 Å². The molecular formula is C8H17F2O2P. The van der Waals surface area contributed by atoms with E-state index >= 15 is 0 Å². The van der Waals surface area contributed by atoms with Gasteiger partial charge in [0.05, 0.1) is 6.35 Å². The van der Waals surface area contributed by atoms with Crippen LogP contribution in [0.3, 0.4) is 0 Å². The van der Waals surface area contributed by atoms with Gasteiger partial charge in [0.2, 0.25) is 0 Å². The number of alkyl halides is 2. The van der Waals surface area contributed by atoms with Crippen LogP contribution in [0.2, 0.25) is 0 Å². The lowest BCUT2D eigenvalue weighted by atomic mass is 10.1. The third kappa shape index (κ3) is 6.17. The van der Waals surface area contributed by atoms with Gasteiger partial charge in [-0.15, -0.1) is 0 Å². The van der Waals surface area contributed by atoms with Crippen LogP contribution in [0.15, 0.2) is 0 Å². The van der Waals surface area contributed by atoms with Crippen molar-refractivity contribution in [1.29, 1.82) is 0 Å². The maximum Gasteiger partial charge on any atom is 0.273 e. The zero-order valence-corrected chi connectivity index (χ0v) is 9.41. The van der Waals surface area contributed by atoms with Crippen molar-refractivity contribution in [2.75, 3.05) is 26.3 Å². The van der Waals surface area contributed by atoms with E-state index in [4.69, 9.17) is 4.74 Å². The van der Waals surface area contributed by atoms with Crippen LogP contribution in [-0.2, 0) is 9.30 Å². The van der Waals surface area contributed by atoms with E-state index in [0.717, 1.165) is 0 Å². The summed E-state index contributed by atoms with van der Waals surface area (Å²) in [5.74, 6) is -3.57. The number of hydrogen-bond donors (Lipinski definition) is 0. The highest BCUT2D eigenvalue weighted by atomic mass is 31.2. The van der Waals surface area contributed by atoms with Gasteiger partial charge in [0, 0.05) is 5.92 Å². The molecular weight excluding hydrogens is 197 g/mol. The van der Waals surface area contributed by atoms with Gasteiger partial charge in [-0.2, -0.15) is 0 Å². The van der Waals surface area contributed by atoms with Crippen molar-refractivity contribution in [1.82, 2.24) is 0 Å². The van der Waals surface area contributed by atoms with Crippen LogP contribution in [-0.4, -0.2) is 32.2 Å². The summed E-state index contributed by atoms with van der Waals surface area (Å²) in [4.78, 5) is 0. The molecule has 0 amide bonds. The maximum atomic E-state index is 12.9. The predicted molar refractivity (Wildman–Crippen MR) is 50.1 cm³/mol. The molecule has 0 aliphatic carbocycles. The molecule has 0 aromatic rings.